The summed E-state index contributed by atoms with van der Waals surface area (Å²) in [4.78, 5) is 30.2. The fraction of sp³-hybridized carbons (Fsp3) is 0.444. The van der Waals surface area contributed by atoms with Crippen molar-refractivity contribution in [2.24, 2.45) is 5.92 Å². The summed E-state index contributed by atoms with van der Waals surface area (Å²) in [5.74, 6) is 0.692. The number of benzene rings is 2. The van der Waals surface area contributed by atoms with E-state index in [1.54, 1.807) is 4.90 Å². The zero-order chi connectivity index (χ0) is 32.0. The monoisotopic (exact) mass is 1220 g/mol. The average molecular weight is 1230 g/mol. The summed E-state index contributed by atoms with van der Waals surface area (Å²) < 4.78 is 0. The molecule has 2 amide bonds. The Morgan fingerprint density at radius 1 is 1.02 bits per heavy atom. The Labute approximate surface area is 321 Å². The van der Waals surface area contributed by atoms with E-state index < -0.39 is 0 Å². The summed E-state index contributed by atoms with van der Waals surface area (Å²) in [5, 5.41) is 13.5. The van der Waals surface area contributed by atoms with Crippen molar-refractivity contribution < 1.29 is 24.0 Å². The number of nitrogens with zero attached hydrogens (tertiary/aromatic N) is 4. The van der Waals surface area contributed by atoms with Crippen molar-refractivity contribution in [3.8, 4) is 6.07 Å². The molecule has 233 valence electrons. The van der Waals surface area contributed by atoms with Gasteiger partial charge < -0.3 is 5.32 Å². The molecule has 2 aromatic rings. The summed E-state index contributed by atoms with van der Waals surface area (Å²) in [7, 11) is 0.628. The van der Waals surface area contributed by atoms with Gasteiger partial charge in [-0.15, -0.1) is 0 Å². The first-order valence-corrected chi connectivity index (χ1v) is 35.6. The van der Waals surface area contributed by atoms with Crippen molar-refractivity contribution in [3.63, 3.8) is 0 Å². The number of nitroso groups, excluding NO2 is 1. The van der Waals surface area contributed by atoms with E-state index in [0.29, 0.717) is 28.5 Å². The molecule has 3 aliphatic heterocycles. The Morgan fingerprint density at radius 2 is 1.58 bits per heavy atom. The zero-order valence-corrected chi connectivity index (χ0v) is 36.6. The number of urea groups is 1. The number of amides is 2. The SMILES string of the molecule is N#C[C@@H]1CC[C@@H](Cc2ccccc2)CN1.N=O.[C-]#[N+][C@@H]1CC[C@@H]2CN1C(=O)N2OCc1ccccc1.[I][V]([I])[I].[I][V][I]. The molecular weight excluding hydrogens is 1190 g/mol. The van der Waals surface area contributed by atoms with Gasteiger partial charge in [-0.25, -0.2) is 11.4 Å². The minimum absolute atomic E-state index is 0.0806. The van der Waals surface area contributed by atoms with Gasteiger partial charge in [-0.3, -0.25) is 14.6 Å². The zero-order valence-electron chi connectivity index (χ0n) is 23.0. The number of hydrogen-bond acceptors (Lipinski definition) is 6. The third-order valence-corrected chi connectivity index (χ3v) is 6.69. The van der Waals surface area contributed by atoms with Crippen LogP contribution in [0.3, 0.4) is 0 Å². The Balaban J connectivity index is 0.000000344. The molecule has 43 heavy (non-hydrogen) atoms. The third-order valence-electron chi connectivity index (χ3n) is 6.69. The molecule has 5 rings (SSSR count). The standard InChI is InChI=1S/C14H15N3O2.C13H16N2.5HI.HNO.2V/c1-15-13-8-7-12-9-16(13)14(18)17(12)19-10-11-5-3-2-4-6-11;14-9-13-7-6-12(10-15-13)8-11-4-2-1-3-5-11;;;;;;1-2;;/h2-6,12-13H,7-10H2;1-5,12-13,15H,6-8,10H2;5*1H;1H;;/q;;;;;;;;+2;+3/p-5/t12-,13+;12-,13-;;;;;;;;/m10......../s1. The van der Waals surface area contributed by atoms with Gasteiger partial charge in [0.2, 0.25) is 0 Å². The van der Waals surface area contributed by atoms with Gasteiger partial charge in [-0.2, -0.15) is 15.2 Å². The van der Waals surface area contributed by atoms with Crippen molar-refractivity contribution in [1.82, 2.24) is 15.3 Å². The summed E-state index contributed by atoms with van der Waals surface area (Å²) in [6, 6.07) is 22.6. The molecule has 0 saturated carbocycles. The topological polar surface area (TPSA) is 114 Å². The average Bonchev–Trinajstić information content (AvgIpc) is 3.27. The number of hydrogen-bond donors (Lipinski definition) is 2. The molecule has 4 atom stereocenters. The van der Waals surface area contributed by atoms with Crippen LogP contribution in [0.4, 0.5) is 4.79 Å². The summed E-state index contributed by atoms with van der Waals surface area (Å²) in [6.45, 7) is 9.09. The number of carbonyl (C=O) groups excluding carboxylic acids is 1. The molecule has 3 fully saturated rings. The van der Waals surface area contributed by atoms with Gasteiger partial charge in [0.25, 0.3) is 0 Å². The number of nitriles is 1. The van der Waals surface area contributed by atoms with Crippen LogP contribution in [0, 0.1) is 34.3 Å². The van der Waals surface area contributed by atoms with E-state index in [1.165, 1.54) is 17.0 Å². The number of piperidine rings is 2. The second kappa shape index (κ2) is 26.0. The third kappa shape index (κ3) is 17.1. The van der Waals surface area contributed by atoms with Crippen LogP contribution in [0.5, 0.6) is 0 Å². The van der Waals surface area contributed by atoms with Gasteiger partial charge in [0.1, 0.15) is 6.61 Å². The molecule has 0 spiro atoms. The van der Waals surface area contributed by atoms with Crippen LogP contribution in [0.25, 0.3) is 4.85 Å². The van der Waals surface area contributed by atoms with E-state index in [1.807, 2.05) is 36.4 Å². The van der Waals surface area contributed by atoms with Crippen molar-refractivity contribution in [1.29, 1.82) is 10.9 Å². The molecule has 3 aliphatic rings. The van der Waals surface area contributed by atoms with Crippen LogP contribution in [0.1, 0.15) is 36.8 Å². The van der Waals surface area contributed by atoms with E-state index in [9.17, 15) is 4.79 Å². The first-order valence-electron chi connectivity index (χ1n) is 13.0. The van der Waals surface area contributed by atoms with Gasteiger partial charge in [0, 0.05) is 6.42 Å². The molecule has 2 bridgehead atoms. The number of rotatable bonds is 5. The van der Waals surface area contributed by atoms with E-state index in [4.69, 9.17) is 21.6 Å². The Bertz CT molecular complexity index is 1120. The van der Waals surface area contributed by atoms with Gasteiger partial charge in [-0.05, 0) is 49.3 Å². The Hall–Kier alpha value is 1.03. The first-order chi connectivity index (χ1) is 20.8. The molecule has 0 unspecified atom stereocenters. The molecule has 2 N–H and O–H groups in total. The van der Waals surface area contributed by atoms with Gasteiger partial charge >= 0.3 is 126 Å². The van der Waals surface area contributed by atoms with Crippen LogP contribution in [-0.4, -0.2) is 47.3 Å². The van der Waals surface area contributed by atoms with Gasteiger partial charge in [0.15, 0.2) is 0 Å². The number of nitrogens with one attached hydrogen (secondary N) is 2. The second-order valence-electron chi connectivity index (χ2n) is 9.34. The van der Waals surface area contributed by atoms with Crippen molar-refractivity contribution in [2.45, 2.75) is 57.0 Å². The molecular formula is C27H32I5N6O3V2. The van der Waals surface area contributed by atoms with Crippen molar-refractivity contribution in [2.75, 3.05) is 13.1 Å². The van der Waals surface area contributed by atoms with Gasteiger partial charge in [0.05, 0.1) is 24.7 Å². The fourth-order valence-electron chi connectivity index (χ4n) is 4.78. The van der Waals surface area contributed by atoms with E-state index in [-0.39, 0.29) is 29.2 Å². The molecule has 3 saturated heterocycles. The van der Waals surface area contributed by atoms with E-state index in [2.05, 4.69) is 146 Å². The summed E-state index contributed by atoms with van der Waals surface area (Å²) in [6.07, 6.45) is 4.56. The quantitative estimate of drug-likeness (QED) is 0.176. The molecule has 2 aromatic carbocycles. The molecule has 16 heteroatoms. The van der Waals surface area contributed by atoms with Crippen LogP contribution in [0.2, 0.25) is 0 Å². The van der Waals surface area contributed by atoms with Crippen molar-refractivity contribution >= 4 is 106 Å². The van der Waals surface area contributed by atoms with E-state index >= 15 is 0 Å². The number of halogens is 5. The summed E-state index contributed by atoms with van der Waals surface area (Å²) in [5.41, 5.74) is 6.94. The van der Waals surface area contributed by atoms with Crippen LogP contribution < -0.4 is 5.32 Å². The first kappa shape index (κ1) is 42.1. The molecule has 0 radical (unpaired) electrons. The predicted molar refractivity (Wildman–Crippen MR) is 205 cm³/mol. The van der Waals surface area contributed by atoms with Crippen LogP contribution >= 0.6 is 99.9 Å². The number of fused-ring (bicyclic) bond motifs is 2. The summed E-state index contributed by atoms with van der Waals surface area (Å²) >= 11 is 12.1. The van der Waals surface area contributed by atoms with Crippen LogP contribution in [-0.2, 0) is 32.3 Å². The molecule has 3 heterocycles. The predicted octanol–water partition coefficient (Wildman–Crippen LogP) is 9.14. The molecule has 9 nitrogen and oxygen atoms in total. The number of hydroxylamine groups is 2. The maximum absolute atomic E-state index is 12.2. The van der Waals surface area contributed by atoms with Gasteiger partial charge in [-0.1, -0.05) is 66.3 Å². The normalized spacial score (nSPS) is 21.5. The molecule has 0 aromatic heterocycles. The minimum atomic E-state index is -0.311. The maximum atomic E-state index is 12.2. The molecule has 0 aliphatic carbocycles. The fourth-order valence-corrected chi connectivity index (χ4v) is 4.78. The second-order valence-corrected chi connectivity index (χ2v) is 56.5. The van der Waals surface area contributed by atoms with Crippen molar-refractivity contribution in [3.05, 3.63) is 88.1 Å². The Kier molecular flexibility index (Phi) is 25.5. The number of carbonyl (C=O) groups is 1. The van der Waals surface area contributed by atoms with E-state index in [0.717, 1.165) is 37.8 Å². The van der Waals surface area contributed by atoms with Crippen LogP contribution in [0.15, 0.2) is 60.7 Å². The Morgan fingerprint density at radius 3 is 2.07 bits per heavy atom.